The minimum absolute atomic E-state index is 0.0955. The van der Waals surface area contributed by atoms with Gasteiger partial charge in [0.1, 0.15) is 0 Å². The highest BCUT2D eigenvalue weighted by atomic mass is 79.9. The van der Waals surface area contributed by atoms with Crippen LogP contribution in [-0.2, 0) is 4.79 Å². The van der Waals surface area contributed by atoms with Crippen molar-refractivity contribution in [2.75, 3.05) is 12.0 Å². The summed E-state index contributed by atoms with van der Waals surface area (Å²) >= 11 is 3.00. The van der Waals surface area contributed by atoms with Crippen molar-refractivity contribution in [2.24, 2.45) is 5.92 Å². The largest absolute Gasteiger partial charge is 0.481 e. The Balaban J connectivity index is 3.43. The molecule has 0 heterocycles. The molecular weight excluding hydrogens is 191 g/mol. The van der Waals surface area contributed by atoms with Crippen molar-refractivity contribution in [1.82, 2.24) is 0 Å². The van der Waals surface area contributed by atoms with E-state index in [1.54, 1.807) is 0 Å². The van der Waals surface area contributed by atoms with Gasteiger partial charge in [0.2, 0.25) is 0 Å². The Morgan fingerprint density at radius 1 is 1.78 bits per heavy atom. The molecule has 9 heavy (non-hydrogen) atoms. The van der Waals surface area contributed by atoms with E-state index < -0.39 is 12.6 Å². The molecule has 0 aromatic heterocycles. The van der Waals surface area contributed by atoms with Gasteiger partial charge in [0.25, 0.3) is 0 Å². The first-order valence-electron chi connectivity index (χ1n) is 2.54. The minimum Gasteiger partial charge on any atom is -0.481 e. The molecule has 0 aromatic carbocycles. The second-order valence-corrected chi connectivity index (χ2v) is 2.42. The number of halogens is 2. The van der Waals surface area contributed by atoms with Crippen LogP contribution in [-0.4, -0.2) is 23.1 Å². The molecule has 1 atom stereocenters. The van der Waals surface area contributed by atoms with Gasteiger partial charge in [-0.2, -0.15) is 0 Å². The average molecular weight is 199 g/mol. The molecule has 0 aliphatic rings. The zero-order chi connectivity index (χ0) is 7.28. The number of carboxylic acid groups (broad SMARTS) is 1. The molecule has 0 unspecified atom stereocenters. The summed E-state index contributed by atoms with van der Waals surface area (Å²) in [6.07, 6.45) is -0.0955. The predicted molar refractivity (Wildman–Crippen MR) is 35.5 cm³/mol. The molecular formula is C5H8BrFO2. The fourth-order valence-corrected chi connectivity index (χ4v) is 0.799. The van der Waals surface area contributed by atoms with Crippen molar-refractivity contribution in [2.45, 2.75) is 6.42 Å². The summed E-state index contributed by atoms with van der Waals surface area (Å²) in [5, 5.41) is 8.57. The van der Waals surface area contributed by atoms with Gasteiger partial charge in [-0.15, -0.1) is 0 Å². The van der Waals surface area contributed by atoms with Crippen molar-refractivity contribution < 1.29 is 14.3 Å². The van der Waals surface area contributed by atoms with E-state index in [1.807, 2.05) is 0 Å². The molecule has 0 aliphatic heterocycles. The number of rotatable bonds is 4. The summed E-state index contributed by atoms with van der Waals surface area (Å²) < 4.78 is 11.7. The van der Waals surface area contributed by atoms with E-state index in [2.05, 4.69) is 15.9 Å². The van der Waals surface area contributed by atoms with E-state index in [0.29, 0.717) is 5.33 Å². The van der Waals surface area contributed by atoms with Gasteiger partial charge < -0.3 is 5.11 Å². The predicted octanol–water partition coefficient (Wildman–Crippen LogP) is 1.44. The maximum absolute atomic E-state index is 11.7. The third kappa shape index (κ3) is 4.39. The summed E-state index contributed by atoms with van der Waals surface area (Å²) in [6.45, 7) is -0.572. The highest BCUT2D eigenvalue weighted by Gasteiger charge is 2.10. The van der Waals surface area contributed by atoms with Crippen LogP contribution in [0, 0.1) is 5.92 Å². The fourth-order valence-electron chi connectivity index (χ4n) is 0.397. The second-order valence-electron chi connectivity index (χ2n) is 1.77. The van der Waals surface area contributed by atoms with E-state index >= 15 is 0 Å². The van der Waals surface area contributed by atoms with Crippen LogP contribution in [0.25, 0.3) is 0 Å². The molecule has 0 aromatic rings. The van der Waals surface area contributed by atoms with E-state index in [9.17, 15) is 9.18 Å². The normalized spacial score (nSPS) is 13.1. The average Bonchev–Trinajstić information content (AvgIpc) is 1.82. The standard InChI is InChI=1S/C5H8BrFO2/c6-2-4(3-7)1-5(8)9/h4H,1-3H2,(H,8,9)/t4-/m0/s1. The van der Waals surface area contributed by atoms with E-state index in [-0.39, 0.29) is 12.3 Å². The van der Waals surface area contributed by atoms with Crippen LogP contribution < -0.4 is 0 Å². The Morgan fingerprint density at radius 2 is 2.33 bits per heavy atom. The van der Waals surface area contributed by atoms with Crippen LogP contribution in [0.15, 0.2) is 0 Å². The number of aliphatic carboxylic acids is 1. The zero-order valence-electron chi connectivity index (χ0n) is 4.81. The molecule has 2 nitrogen and oxygen atoms in total. The highest BCUT2D eigenvalue weighted by Crippen LogP contribution is 2.06. The quantitative estimate of drug-likeness (QED) is 0.695. The molecule has 0 fully saturated rings. The summed E-state index contributed by atoms with van der Waals surface area (Å²) in [6, 6.07) is 0. The minimum atomic E-state index is -0.947. The molecule has 0 saturated heterocycles. The van der Waals surface area contributed by atoms with Crippen molar-refractivity contribution in [3.05, 3.63) is 0 Å². The number of hydrogen-bond acceptors (Lipinski definition) is 1. The van der Waals surface area contributed by atoms with E-state index in [0.717, 1.165) is 0 Å². The van der Waals surface area contributed by atoms with Gasteiger partial charge in [0.15, 0.2) is 0 Å². The van der Waals surface area contributed by atoms with Gasteiger partial charge in [0, 0.05) is 11.2 Å². The molecule has 1 N–H and O–H groups in total. The molecule has 0 bridgehead atoms. The molecule has 0 radical (unpaired) electrons. The van der Waals surface area contributed by atoms with Crippen molar-refractivity contribution in [3.63, 3.8) is 0 Å². The third-order valence-electron chi connectivity index (χ3n) is 0.900. The summed E-state index contributed by atoms with van der Waals surface area (Å²) in [7, 11) is 0. The maximum atomic E-state index is 11.7. The first kappa shape index (κ1) is 8.88. The lowest BCUT2D eigenvalue weighted by Crippen LogP contribution is -2.10. The van der Waals surface area contributed by atoms with Crippen molar-refractivity contribution in [1.29, 1.82) is 0 Å². The Hall–Kier alpha value is -0.120. The first-order chi connectivity index (χ1) is 4.20. The van der Waals surface area contributed by atoms with Crippen LogP contribution in [0.4, 0.5) is 4.39 Å². The molecule has 0 rings (SSSR count). The van der Waals surface area contributed by atoms with Gasteiger partial charge in [-0.25, -0.2) is 0 Å². The van der Waals surface area contributed by atoms with E-state index in [4.69, 9.17) is 5.11 Å². The number of carboxylic acids is 1. The smallest absolute Gasteiger partial charge is 0.303 e. The van der Waals surface area contributed by atoms with Crippen LogP contribution in [0.2, 0.25) is 0 Å². The van der Waals surface area contributed by atoms with Crippen molar-refractivity contribution in [3.8, 4) is 0 Å². The number of alkyl halides is 2. The van der Waals surface area contributed by atoms with Gasteiger partial charge >= 0.3 is 5.97 Å². The Morgan fingerprint density at radius 3 is 2.44 bits per heavy atom. The molecule has 0 aliphatic carbocycles. The first-order valence-corrected chi connectivity index (χ1v) is 3.66. The van der Waals surface area contributed by atoms with Crippen LogP contribution in [0.5, 0.6) is 0 Å². The summed E-state index contributed by atoms with van der Waals surface area (Å²) in [5.74, 6) is -1.32. The lowest BCUT2D eigenvalue weighted by molar-refractivity contribution is -0.138. The Bertz CT molecular complexity index is 93.0. The van der Waals surface area contributed by atoms with Crippen LogP contribution in [0.3, 0.4) is 0 Å². The monoisotopic (exact) mass is 198 g/mol. The lowest BCUT2D eigenvalue weighted by Gasteiger charge is -2.03. The van der Waals surface area contributed by atoms with Crippen molar-refractivity contribution >= 4 is 21.9 Å². The number of carbonyl (C=O) groups is 1. The molecule has 0 amide bonds. The molecule has 0 saturated carbocycles. The SMILES string of the molecule is O=C(O)C[C@H](CF)CBr. The molecule has 0 spiro atoms. The topological polar surface area (TPSA) is 37.3 Å². The maximum Gasteiger partial charge on any atom is 0.303 e. The molecule has 54 valence electrons. The van der Waals surface area contributed by atoms with Crippen LogP contribution >= 0.6 is 15.9 Å². The summed E-state index contributed by atoms with van der Waals surface area (Å²) in [4.78, 5) is 9.94. The molecule has 4 heteroatoms. The van der Waals surface area contributed by atoms with Gasteiger partial charge in [-0.3, -0.25) is 9.18 Å². The third-order valence-corrected chi connectivity index (χ3v) is 1.82. The number of hydrogen-bond donors (Lipinski definition) is 1. The van der Waals surface area contributed by atoms with Gasteiger partial charge in [-0.05, 0) is 0 Å². The lowest BCUT2D eigenvalue weighted by atomic mass is 10.1. The Labute approximate surface area is 61.2 Å². The Kier molecular flexibility index (Phi) is 4.67. The second kappa shape index (κ2) is 4.73. The zero-order valence-corrected chi connectivity index (χ0v) is 6.40. The highest BCUT2D eigenvalue weighted by molar-refractivity contribution is 9.09. The van der Waals surface area contributed by atoms with E-state index in [1.165, 1.54) is 0 Å². The van der Waals surface area contributed by atoms with Gasteiger partial charge in [-0.1, -0.05) is 15.9 Å². The fraction of sp³-hybridized carbons (Fsp3) is 0.800. The van der Waals surface area contributed by atoms with Gasteiger partial charge in [0.05, 0.1) is 13.1 Å². The van der Waals surface area contributed by atoms with Crippen LogP contribution in [0.1, 0.15) is 6.42 Å². The summed E-state index contributed by atoms with van der Waals surface area (Å²) in [5.41, 5.74) is 0.